The van der Waals surface area contributed by atoms with Crippen molar-refractivity contribution in [1.82, 2.24) is 9.88 Å². The summed E-state index contributed by atoms with van der Waals surface area (Å²) in [6.45, 7) is 3.98. The topological polar surface area (TPSA) is 101 Å². The van der Waals surface area contributed by atoms with Crippen LogP contribution in [0, 0.1) is 6.92 Å². The van der Waals surface area contributed by atoms with Crippen LogP contribution >= 0.6 is 0 Å². The first-order valence-electron chi connectivity index (χ1n) is 13.8. The Kier molecular flexibility index (Phi) is 8.15. The first kappa shape index (κ1) is 27.0. The molecule has 8 nitrogen and oxygen atoms in total. The predicted molar refractivity (Wildman–Crippen MR) is 157 cm³/mol. The van der Waals surface area contributed by atoms with E-state index in [1.807, 2.05) is 55.5 Å². The molecule has 8 heteroatoms. The molecule has 5 rings (SSSR count). The lowest BCUT2D eigenvalue weighted by atomic mass is 9.95. The van der Waals surface area contributed by atoms with Gasteiger partial charge in [0.05, 0.1) is 23.4 Å². The van der Waals surface area contributed by atoms with Gasteiger partial charge in [-0.15, -0.1) is 0 Å². The van der Waals surface area contributed by atoms with Gasteiger partial charge < -0.3 is 25.3 Å². The molecule has 0 radical (unpaired) electrons. The number of nitrogens with one attached hydrogen (secondary N) is 3. The van der Waals surface area contributed by atoms with Gasteiger partial charge in [-0.05, 0) is 69.2 Å². The number of carbonyl (C=O) groups excluding carboxylic acids is 3. The maximum absolute atomic E-state index is 13.4. The molecule has 0 saturated heterocycles. The number of aryl methyl sites for hydroxylation is 1. The molecule has 0 unspecified atom stereocenters. The van der Waals surface area contributed by atoms with E-state index in [4.69, 9.17) is 4.74 Å². The Hall–Kier alpha value is -4.59. The molecule has 4 aromatic rings. The van der Waals surface area contributed by atoms with Crippen LogP contribution in [0.4, 0.5) is 16.2 Å². The minimum atomic E-state index is -0.476. The number of nitrogens with zero attached hydrogens (tertiary/aromatic N) is 1. The lowest BCUT2D eigenvalue weighted by Crippen LogP contribution is -2.36. The number of carbonyl (C=O) groups is 3. The first-order chi connectivity index (χ1) is 19.4. The summed E-state index contributed by atoms with van der Waals surface area (Å²) in [7, 11) is 0. The molecule has 3 aromatic carbocycles. The molecule has 1 aromatic heterocycles. The summed E-state index contributed by atoms with van der Waals surface area (Å²) in [6, 6.07) is 21.7. The van der Waals surface area contributed by atoms with E-state index in [-0.39, 0.29) is 18.6 Å². The van der Waals surface area contributed by atoms with E-state index in [9.17, 15) is 14.4 Å². The maximum Gasteiger partial charge on any atom is 0.355 e. The second-order valence-electron chi connectivity index (χ2n) is 10.1. The van der Waals surface area contributed by atoms with Gasteiger partial charge in [0.2, 0.25) is 0 Å². The van der Waals surface area contributed by atoms with Crippen molar-refractivity contribution in [2.75, 3.05) is 17.2 Å². The third-order valence-electron chi connectivity index (χ3n) is 7.20. The van der Waals surface area contributed by atoms with E-state index < -0.39 is 12.0 Å². The van der Waals surface area contributed by atoms with Gasteiger partial charge >= 0.3 is 12.0 Å². The number of rotatable bonds is 7. The van der Waals surface area contributed by atoms with Crippen LogP contribution in [0.15, 0.2) is 72.8 Å². The molecular formula is C32H34N4O4. The van der Waals surface area contributed by atoms with Gasteiger partial charge in [-0.25, -0.2) is 9.59 Å². The molecule has 1 aliphatic rings. The number of esters is 1. The lowest BCUT2D eigenvalue weighted by Gasteiger charge is -2.23. The van der Waals surface area contributed by atoms with Gasteiger partial charge in [-0.3, -0.25) is 4.79 Å². The summed E-state index contributed by atoms with van der Waals surface area (Å²) >= 11 is 0. The van der Waals surface area contributed by atoms with Crippen molar-refractivity contribution >= 4 is 40.2 Å². The quantitative estimate of drug-likeness (QED) is 0.225. The number of benzene rings is 3. The van der Waals surface area contributed by atoms with Gasteiger partial charge in [0.1, 0.15) is 5.69 Å². The van der Waals surface area contributed by atoms with Crippen LogP contribution in [0.25, 0.3) is 16.6 Å². The maximum atomic E-state index is 13.4. The minimum absolute atomic E-state index is 0.110. The molecule has 3 N–H and O–H groups in total. The van der Waals surface area contributed by atoms with Crippen molar-refractivity contribution in [2.45, 2.75) is 52.0 Å². The van der Waals surface area contributed by atoms with Crippen LogP contribution < -0.4 is 16.0 Å². The van der Waals surface area contributed by atoms with Crippen molar-refractivity contribution in [3.05, 3.63) is 89.6 Å². The molecule has 1 heterocycles. The Morgan fingerprint density at radius 3 is 2.40 bits per heavy atom. The highest BCUT2D eigenvalue weighted by Crippen LogP contribution is 2.29. The highest BCUT2D eigenvalue weighted by Gasteiger charge is 2.22. The molecule has 1 aliphatic carbocycles. The summed E-state index contributed by atoms with van der Waals surface area (Å²) in [5, 5.41) is 9.72. The highest BCUT2D eigenvalue weighted by molar-refractivity contribution is 6.07. The van der Waals surface area contributed by atoms with E-state index in [1.165, 1.54) is 6.42 Å². The van der Waals surface area contributed by atoms with Crippen LogP contribution in [0.1, 0.15) is 65.4 Å². The number of anilines is 2. The average molecular weight is 539 g/mol. The first-order valence-corrected chi connectivity index (χ1v) is 13.8. The average Bonchev–Trinajstić information content (AvgIpc) is 3.35. The van der Waals surface area contributed by atoms with Crippen LogP contribution in [0.2, 0.25) is 0 Å². The fraction of sp³-hybridized carbons (Fsp3) is 0.281. The van der Waals surface area contributed by atoms with Crippen molar-refractivity contribution in [3.8, 4) is 5.69 Å². The summed E-state index contributed by atoms with van der Waals surface area (Å²) in [5.74, 6) is -0.698. The van der Waals surface area contributed by atoms with E-state index in [0.29, 0.717) is 28.3 Å². The standard InChI is InChI=1S/C32H34N4O4/c1-3-40-31(38)29-19-22-9-7-8-12-28(22)36(29)25-17-18-26(30(37)33-23-10-5-4-6-11-23)27(20-25)35-32(39)34-24-15-13-21(2)14-16-24/h7-9,12-20,23H,3-6,10-11H2,1-2H3,(H,33,37)(H2,34,35,39). The number of ether oxygens (including phenoxy) is 1. The van der Waals surface area contributed by atoms with E-state index in [2.05, 4.69) is 16.0 Å². The predicted octanol–water partition coefficient (Wildman–Crippen LogP) is 6.82. The lowest BCUT2D eigenvalue weighted by molar-refractivity contribution is 0.0517. The second-order valence-corrected chi connectivity index (χ2v) is 10.1. The number of urea groups is 1. The monoisotopic (exact) mass is 538 g/mol. The Balaban J connectivity index is 1.53. The number of amides is 3. The summed E-state index contributed by atoms with van der Waals surface area (Å²) < 4.78 is 7.12. The number of hydrogen-bond donors (Lipinski definition) is 3. The SMILES string of the molecule is CCOC(=O)c1cc2ccccc2n1-c1ccc(C(=O)NC2CCCCC2)c(NC(=O)Nc2ccc(C)cc2)c1. The van der Waals surface area contributed by atoms with Crippen LogP contribution in [0.3, 0.4) is 0 Å². The van der Waals surface area contributed by atoms with Crippen molar-refractivity contribution in [3.63, 3.8) is 0 Å². The summed E-state index contributed by atoms with van der Waals surface area (Å²) in [6.07, 6.45) is 5.24. The van der Waals surface area contributed by atoms with Crippen molar-refractivity contribution < 1.29 is 19.1 Å². The normalized spacial score (nSPS) is 13.6. The highest BCUT2D eigenvalue weighted by atomic mass is 16.5. The minimum Gasteiger partial charge on any atom is -0.461 e. The molecular weight excluding hydrogens is 504 g/mol. The van der Waals surface area contributed by atoms with Crippen LogP contribution in [-0.2, 0) is 4.74 Å². The third-order valence-corrected chi connectivity index (χ3v) is 7.20. The molecule has 0 aliphatic heterocycles. The van der Waals surface area contributed by atoms with Gasteiger partial charge in [0, 0.05) is 22.8 Å². The zero-order chi connectivity index (χ0) is 28.1. The number of fused-ring (bicyclic) bond motifs is 1. The number of hydrogen-bond acceptors (Lipinski definition) is 4. The van der Waals surface area contributed by atoms with Gasteiger partial charge in [-0.2, -0.15) is 0 Å². The van der Waals surface area contributed by atoms with Crippen molar-refractivity contribution in [1.29, 1.82) is 0 Å². The smallest absolute Gasteiger partial charge is 0.355 e. The number of para-hydroxylation sites is 1. The Morgan fingerprint density at radius 1 is 0.900 bits per heavy atom. The molecule has 1 fully saturated rings. The molecule has 0 bridgehead atoms. The zero-order valence-electron chi connectivity index (χ0n) is 22.8. The van der Waals surface area contributed by atoms with Gasteiger partial charge in [0.25, 0.3) is 5.91 Å². The van der Waals surface area contributed by atoms with E-state index in [0.717, 1.165) is 42.1 Å². The zero-order valence-corrected chi connectivity index (χ0v) is 22.8. The molecule has 206 valence electrons. The fourth-order valence-electron chi connectivity index (χ4n) is 5.19. The van der Waals surface area contributed by atoms with Gasteiger partial charge in [-0.1, -0.05) is 55.2 Å². The molecule has 0 atom stereocenters. The second kappa shape index (κ2) is 12.1. The Bertz CT molecular complexity index is 1530. The largest absolute Gasteiger partial charge is 0.461 e. The third kappa shape index (κ3) is 6.01. The van der Waals surface area contributed by atoms with E-state index in [1.54, 1.807) is 35.8 Å². The van der Waals surface area contributed by atoms with Crippen LogP contribution in [0.5, 0.6) is 0 Å². The molecule has 40 heavy (non-hydrogen) atoms. The molecule has 1 saturated carbocycles. The Morgan fingerprint density at radius 2 is 1.65 bits per heavy atom. The van der Waals surface area contributed by atoms with Crippen LogP contribution in [-0.4, -0.2) is 35.1 Å². The van der Waals surface area contributed by atoms with Gasteiger partial charge in [0.15, 0.2) is 0 Å². The summed E-state index contributed by atoms with van der Waals surface area (Å²) in [5.41, 5.74) is 4.18. The summed E-state index contributed by atoms with van der Waals surface area (Å²) in [4.78, 5) is 39.4. The fourth-order valence-corrected chi connectivity index (χ4v) is 5.19. The Labute approximate surface area is 233 Å². The molecule has 0 spiro atoms. The van der Waals surface area contributed by atoms with Crippen molar-refractivity contribution in [2.24, 2.45) is 0 Å². The van der Waals surface area contributed by atoms with E-state index >= 15 is 0 Å². The molecule has 3 amide bonds. The number of aromatic nitrogens is 1.